The third kappa shape index (κ3) is 7.55. The van der Waals surface area contributed by atoms with E-state index in [-0.39, 0.29) is 0 Å². The van der Waals surface area contributed by atoms with Crippen LogP contribution in [-0.2, 0) is 8.85 Å². The minimum absolute atomic E-state index is 0.818. The highest BCUT2D eigenvalue weighted by atomic mass is 28.3. The highest BCUT2D eigenvalue weighted by molar-refractivity contribution is 6.44. The molecule has 1 aliphatic carbocycles. The number of hydrogen-bond acceptors (Lipinski definition) is 2. The SMILES string of the molecule is CCO[SiH](CCCCCC1CCCCC1)OCC. The molecule has 0 bridgehead atoms. The van der Waals surface area contributed by atoms with Crippen LogP contribution in [0.3, 0.4) is 0 Å². The quantitative estimate of drug-likeness (QED) is 0.433. The van der Waals surface area contributed by atoms with Crippen molar-refractivity contribution in [1.82, 2.24) is 0 Å². The predicted molar refractivity (Wildman–Crippen MR) is 80.3 cm³/mol. The predicted octanol–water partition coefficient (Wildman–Crippen LogP) is 4.42. The van der Waals surface area contributed by atoms with Crippen molar-refractivity contribution < 1.29 is 8.85 Å². The molecule has 0 spiro atoms. The van der Waals surface area contributed by atoms with Gasteiger partial charge in [0.2, 0.25) is 0 Å². The maximum Gasteiger partial charge on any atom is 0.321 e. The Bertz CT molecular complexity index is 175. The van der Waals surface area contributed by atoms with Crippen LogP contribution in [0.5, 0.6) is 0 Å². The molecule has 0 aliphatic heterocycles. The molecule has 2 nitrogen and oxygen atoms in total. The van der Waals surface area contributed by atoms with Gasteiger partial charge < -0.3 is 8.85 Å². The van der Waals surface area contributed by atoms with Gasteiger partial charge in [0.05, 0.1) is 0 Å². The van der Waals surface area contributed by atoms with E-state index in [1.54, 1.807) is 0 Å². The van der Waals surface area contributed by atoms with Crippen molar-refractivity contribution in [1.29, 1.82) is 0 Å². The van der Waals surface area contributed by atoms with Gasteiger partial charge in [0.25, 0.3) is 0 Å². The van der Waals surface area contributed by atoms with E-state index in [9.17, 15) is 0 Å². The summed E-state index contributed by atoms with van der Waals surface area (Å²) in [5.74, 6) is 1.05. The molecule has 0 radical (unpaired) electrons. The zero-order chi connectivity index (χ0) is 13.1. The molecule has 3 heteroatoms. The van der Waals surface area contributed by atoms with Crippen LogP contribution < -0.4 is 0 Å². The Balaban J connectivity index is 1.95. The Morgan fingerprint density at radius 1 is 0.889 bits per heavy atom. The van der Waals surface area contributed by atoms with E-state index in [1.807, 2.05) is 0 Å². The summed E-state index contributed by atoms with van der Waals surface area (Å²) in [6.45, 7) is 5.78. The Labute approximate surface area is 115 Å². The first-order chi connectivity index (χ1) is 8.86. The zero-order valence-corrected chi connectivity index (χ0v) is 13.6. The first-order valence-corrected chi connectivity index (χ1v) is 9.86. The van der Waals surface area contributed by atoms with Crippen LogP contribution in [0.2, 0.25) is 6.04 Å². The second kappa shape index (κ2) is 11.0. The van der Waals surface area contributed by atoms with E-state index >= 15 is 0 Å². The molecule has 0 aromatic heterocycles. The molecule has 108 valence electrons. The van der Waals surface area contributed by atoms with Crippen LogP contribution in [0.25, 0.3) is 0 Å². The van der Waals surface area contributed by atoms with Crippen molar-refractivity contribution in [3.05, 3.63) is 0 Å². The molecular weight excluding hydrogens is 240 g/mol. The fourth-order valence-electron chi connectivity index (χ4n) is 2.98. The fraction of sp³-hybridized carbons (Fsp3) is 1.00. The van der Waals surface area contributed by atoms with Gasteiger partial charge in [-0.3, -0.25) is 0 Å². The molecule has 1 saturated carbocycles. The van der Waals surface area contributed by atoms with Gasteiger partial charge >= 0.3 is 9.28 Å². The van der Waals surface area contributed by atoms with Crippen molar-refractivity contribution in [3.8, 4) is 0 Å². The largest absolute Gasteiger partial charge is 0.397 e. The van der Waals surface area contributed by atoms with E-state index in [4.69, 9.17) is 8.85 Å². The van der Waals surface area contributed by atoms with Crippen molar-refractivity contribution >= 4 is 9.28 Å². The van der Waals surface area contributed by atoms with Crippen molar-refractivity contribution in [2.75, 3.05) is 13.2 Å². The van der Waals surface area contributed by atoms with Crippen molar-refractivity contribution in [2.45, 2.75) is 77.7 Å². The Morgan fingerprint density at radius 2 is 1.56 bits per heavy atom. The summed E-state index contributed by atoms with van der Waals surface area (Å²) in [6, 6.07) is 1.20. The maximum absolute atomic E-state index is 5.70. The Kier molecular flexibility index (Phi) is 9.90. The van der Waals surface area contributed by atoms with Crippen LogP contribution >= 0.6 is 0 Å². The zero-order valence-electron chi connectivity index (χ0n) is 12.5. The van der Waals surface area contributed by atoms with E-state index in [2.05, 4.69) is 13.8 Å². The van der Waals surface area contributed by atoms with Gasteiger partial charge in [-0.25, -0.2) is 0 Å². The molecule has 0 saturated heterocycles. The lowest BCUT2D eigenvalue weighted by Gasteiger charge is -2.21. The molecule has 0 N–H and O–H groups in total. The summed E-state index contributed by atoms with van der Waals surface area (Å²) in [5, 5.41) is 0. The summed E-state index contributed by atoms with van der Waals surface area (Å²) in [7, 11) is -1.31. The average Bonchev–Trinajstić information content (AvgIpc) is 2.40. The fourth-order valence-corrected chi connectivity index (χ4v) is 4.78. The normalized spacial score (nSPS) is 17.5. The lowest BCUT2D eigenvalue weighted by molar-refractivity contribution is 0.212. The van der Waals surface area contributed by atoms with Crippen molar-refractivity contribution in [3.63, 3.8) is 0 Å². The number of hydrogen-bond donors (Lipinski definition) is 0. The maximum atomic E-state index is 5.70. The first-order valence-electron chi connectivity index (χ1n) is 8.10. The third-order valence-electron chi connectivity index (χ3n) is 3.98. The minimum atomic E-state index is -1.31. The van der Waals surface area contributed by atoms with Gasteiger partial charge in [-0.15, -0.1) is 0 Å². The summed E-state index contributed by atoms with van der Waals surface area (Å²) < 4.78 is 11.4. The van der Waals surface area contributed by atoms with Gasteiger partial charge in [-0.2, -0.15) is 0 Å². The molecule has 1 aliphatic rings. The third-order valence-corrected chi connectivity index (χ3v) is 6.27. The molecule has 1 fully saturated rings. The van der Waals surface area contributed by atoms with Crippen LogP contribution in [0.1, 0.15) is 71.6 Å². The molecule has 0 unspecified atom stereocenters. The molecular formula is C15H32O2Si. The van der Waals surface area contributed by atoms with Gasteiger partial charge in [0, 0.05) is 13.2 Å². The topological polar surface area (TPSA) is 18.5 Å². The smallest absolute Gasteiger partial charge is 0.321 e. The second-order valence-corrected chi connectivity index (χ2v) is 7.59. The molecule has 0 aromatic carbocycles. The Hall–Kier alpha value is 0.137. The summed E-state index contributed by atoms with van der Waals surface area (Å²) in [4.78, 5) is 0. The van der Waals surface area contributed by atoms with Gasteiger partial charge in [-0.1, -0.05) is 57.8 Å². The van der Waals surface area contributed by atoms with Crippen LogP contribution in [0, 0.1) is 5.92 Å². The van der Waals surface area contributed by atoms with Crippen LogP contribution in [0.4, 0.5) is 0 Å². The Morgan fingerprint density at radius 3 is 2.17 bits per heavy atom. The highest BCUT2D eigenvalue weighted by Gasteiger charge is 2.14. The van der Waals surface area contributed by atoms with Crippen LogP contribution in [-0.4, -0.2) is 22.5 Å². The lowest BCUT2D eigenvalue weighted by Crippen LogP contribution is -2.22. The molecule has 0 amide bonds. The van der Waals surface area contributed by atoms with E-state index in [0.29, 0.717) is 0 Å². The molecule has 0 atom stereocenters. The van der Waals surface area contributed by atoms with Gasteiger partial charge in [0.15, 0.2) is 0 Å². The van der Waals surface area contributed by atoms with E-state index in [0.717, 1.165) is 19.1 Å². The van der Waals surface area contributed by atoms with Gasteiger partial charge in [0.1, 0.15) is 0 Å². The molecule has 0 aromatic rings. The molecule has 0 heterocycles. The first kappa shape index (κ1) is 16.2. The van der Waals surface area contributed by atoms with E-state index in [1.165, 1.54) is 63.8 Å². The number of unbranched alkanes of at least 4 members (excludes halogenated alkanes) is 2. The van der Waals surface area contributed by atoms with Gasteiger partial charge in [-0.05, 0) is 25.8 Å². The van der Waals surface area contributed by atoms with Crippen molar-refractivity contribution in [2.24, 2.45) is 5.92 Å². The second-order valence-electron chi connectivity index (χ2n) is 5.48. The summed E-state index contributed by atoms with van der Waals surface area (Å²) >= 11 is 0. The standard InChI is InChI=1S/C15H32O2Si/c1-3-16-18(17-4-2)14-10-6-9-13-15-11-7-5-8-12-15/h15,18H,3-14H2,1-2H3. The van der Waals surface area contributed by atoms with Crippen LogP contribution in [0.15, 0.2) is 0 Å². The minimum Gasteiger partial charge on any atom is -0.397 e. The summed E-state index contributed by atoms with van der Waals surface area (Å²) in [5.41, 5.74) is 0. The van der Waals surface area contributed by atoms with E-state index < -0.39 is 9.28 Å². The lowest BCUT2D eigenvalue weighted by atomic mass is 9.86. The highest BCUT2D eigenvalue weighted by Crippen LogP contribution is 2.28. The average molecular weight is 273 g/mol. The molecule has 1 rings (SSSR count). The molecule has 18 heavy (non-hydrogen) atoms. The monoisotopic (exact) mass is 272 g/mol. The number of rotatable bonds is 10. The summed E-state index contributed by atoms with van der Waals surface area (Å²) in [6.07, 6.45) is 13.0.